The van der Waals surface area contributed by atoms with E-state index in [0.29, 0.717) is 5.69 Å². The zero-order valence-corrected chi connectivity index (χ0v) is 11.4. The van der Waals surface area contributed by atoms with Crippen molar-refractivity contribution in [2.45, 2.75) is 19.8 Å². The molecule has 0 aliphatic carbocycles. The average Bonchev–Trinajstić information content (AvgIpc) is 2.85. The Kier molecular flexibility index (Phi) is 3.22. The molecule has 0 saturated heterocycles. The largest absolute Gasteiger partial charge is 0.302 e. The van der Waals surface area contributed by atoms with E-state index in [1.54, 1.807) is 0 Å². The Bertz CT molecular complexity index is 793. The van der Waals surface area contributed by atoms with Gasteiger partial charge in [-0.1, -0.05) is 30.3 Å². The molecule has 3 aromatic rings. The minimum atomic E-state index is 0.505. The van der Waals surface area contributed by atoms with Crippen LogP contribution in [0.5, 0.6) is 0 Å². The summed E-state index contributed by atoms with van der Waals surface area (Å²) in [5.74, 6) is 0.945. The van der Waals surface area contributed by atoms with E-state index in [4.69, 9.17) is 5.26 Å². The number of aryl methyl sites for hydroxylation is 3. The zero-order valence-electron chi connectivity index (χ0n) is 11.4. The predicted octanol–water partition coefficient (Wildman–Crippen LogP) is 3.30. The van der Waals surface area contributed by atoms with E-state index in [0.717, 1.165) is 24.2 Å². The van der Waals surface area contributed by atoms with Crippen molar-refractivity contribution in [3.63, 3.8) is 0 Å². The first-order valence-corrected chi connectivity index (χ1v) is 6.70. The number of nitriles is 1. The third-order valence-electron chi connectivity index (χ3n) is 3.61. The molecule has 3 rings (SSSR count). The molecule has 0 saturated carbocycles. The van der Waals surface area contributed by atoms with E-state index in [9.17, 15) is 0 Å². The quantitative estimate of drug-likeness (QED) is 0.726. The maximum atomic E-state index is 9.15. The Morgan fingerprint density at radius 3 is 2.70 bits per heavy atom. The second-order valence-electron chi connectivity index (χ2n) is 4.87. The number of benzene rings is 1. The minimum absolute atomic E-state index is 0.505. The second kappa shape index (κ2) is 5.18. The molecule has 1 aromatic carbocycles. The highest BCUT2D eigenvalue weighted by molar-refractivity contribution is 5.58. The van der Waals surface area contributed by atoms with Crippen LogP contribution in [0.3, 0.4) is 0 Å². The fraction of sp³-hybridized carbons (Fsp3) is 0.176. The normalized spacial score (nSPS) is 10.6. The number of imidazole rings is 1. The Morgan fingerprint density at radius 1 is 1.10 bits per heavy atom. The van der Waals surface area contributed by atoms with Crippen LogP contribution in [0.4, 0.5) is 0 Å². The SMILES string of the molecule is Cc1ccccc1CCc1nc(C#N)c2ccccn12. The Morgan fingerprint density at radius 2 is 1.90 bits per heavy atom. The number of fused-ring (bicyclic) bond motifs is 1. The molecule has 0 atom stereocenters. The molecular formula is C17H15N3. The molecular weight excluding hydrogens is 246 g/mol. The number of rotatable bonds is 3. The summed E-state index contributed by atoms with van der Waals surface area (Å²) in [7, 11) is 0. The van der Waals surface area contributed by atoms with Gasteiger partial charge in [0, 0.05) is 12.6 Å². The maximum Gasteiger partial charge on any atom is 0.166 e. The van der Waals surface area contributed by atoms with Crippen molar-refractivity contribution in [2.75, 3.05) is 0 Å². The number of hydrogen-bond acceptors (Lipinski definition) is 2. The summed E-state index contributed by atoms with van der Waals surface area (Å²) in [6.45, 7) is 2.12. The first-order chi connectivity index (χ1) is 9.79. The highest BCUT2D eigenvalue weighted by Gasteiger charge is 2.10. The second-order valence-corrected chi connectivity index (χ2v) is 4.87. The van der Waals surface area contributed by atoms with Gasteiger partial charge >= 0.3 is 0 Å². The Labute approximate surface area is 118 Å². The fourth-order valence-corrected chi connectivity index (χ4v) is 2.50. The first kappa shape index (κ1) is 12.4. The number of aromatic nitrogens is 2. The topological polar surface area (TPSA) is 41.1 Å². The van der Waals surface area contributed by atoms with Gasteiger partial charge in [-0.2, -0.15) is 5.26 Å². The molecule has 0 bridgehead atoms. The van der Waals surface area contributed by atoms with Crippen LogP contribution in [0.15, 0.2) is 48.7 Å². The van der Waals surface area contributed by atoms with Gasteiger partial charge in [0.2, 0.25) is 0 Å². The van der Waals surface area contributed by atoms with E-state index in [1.165, 1.54) is 11.1 Å². The van der Waals surface area contributed by atoms with E-state index in [1.807, 2.05) is 28.8 Å². The zero-order chi connectivity index (χ0) is 13.9. The molecule has 0 aliphatic heterocycles. The van der Waals surface area contributed by atoms with Gasteiger partial charge in [-0.15, -0.1) is 0 Å². The van der Waals surface area contributed by atoms with Gasteiger partial charge in [-0.3, -0.25) is 0 Å². The molecule has 20 heavy (non-hydrogen) atoms. The Balaban J connectivity index is 1.92. The number of hydrogen-bond donors (Lipinski definition) is 0. The molecule has 0 unspecified atom stereocenters. The molecule has 3 heteroatoms. The van der Waals surface area contributed by atoms with Gasteiger partial charge in [-0.05, 0) is 36.6 Å². The van der Waals surface area contributed by atoms with Gasteiger partial charge in [0.25, 0.3) is 0 Å². The first-order valence-electron chi connectivity index (χ1n) is 6.70. The van der Waals surface area contributed by atoms with Crippen molar-refractivity contribution < 1.29 is 0 Å². The third-order valence-corrected chi connectivity index (χ3v) is 3.61. The van der Waals surface area contributed by atoms with Crippen LogP contribution in [0.25, 0.3) is 5.52 Å². The summed E-state index contributed by atoms with van der Waals surface area (Å²) >= 11 is 0. The number of nitrogens with zero attached hydrogens (tertiary/aromatic N) is 3. The lowest BCUT2D eigenvalue weighted by Crippen LogP contribution is -1.99. The van der Waals surface area contributed by atoms with E-state index < -0.39 is 0 Å². The summed E-state index contributed by atoms with van der Waals surface area (Å²) < 4.78 is 2.01. The molecule has 0 N–H and O–H groups in total. The highest BCUT2D eigenvalue weighted by atomic mass is 15.0. The van der Waals surface area contributed by atoms with E-state index >= 15 is 0 Å². The van der Waals surface area contributed by atoms with Crippen molar-refractivity contribution in [3.05, 3.63) is 71.3 Å². The molecule has 0 amide bonds. The van der Waals surface area contributed by atoms with E-state index in [2.05, 4.69) is 42.2 Å². The summed E-state index contributed by atoms with van der Waals surface area (Å²) in [4.78, 5) is 4.45. The van der Waals surface area contributed by atoms with Crippen molar-refractivity contribution >= 4 is 5.52 Å². The fourth-order valence-electron chi connectivity index (χ4n) is 2.50. The van der Waals surface area contributed by atoms with Crippen molar-refractivity contribution in [1.29, 1.82) is 5.26 Å². The van der Waals surface area contributed by atoms with Crippen LogP contribution in [0, 0.1) is 18.3 Å². The van der Waals surface area contributed by atoms with Crippen LogP contribution >= 0.6 is 0 Å². The van der Waals surface area contributed by atoms with Crippen LogP contribution in [-0.4, -0.2) is 9.38 Å². The van der Waals surface area contributed by atoms with Crippen molar-refractivity contribution in [3.8, 4) is 6.07 Å². The molecule has 0 aliphatic rings. The van der Waals surface area contributed by atoms with Gasteiger partial charge in [0.1, 0.15) is 11.9 Å². The number of pyridine rings is 1. The molecule has 0 radical (unpaired) electrons. The lowest BCUT2D eigenvalue weighted by atomic mass is 10.0. The smallest absolute Gasteiger partial charge is 0.166 e. The lowest BCUT2D eigenvalue weighted by Gasteiger charge is -2.05. The molecule has 2 aromatic heterocycles. The maximum absolute atomic E-state index is 9.15. The van der Waals surface area contributed by atoms with Crippen molar-refractivity contribution in [1.82, 2.24) is 9.38 Å². The Hall–Kier alpha value is -2.60. The van der Waals surface area contributed by atoms with Crippen LogP contribution < -0.4 is 0 Å². The van der Waals surface area contributed by atoms with Crippen LogP contribution in [0.1, 0.15) is 22.6 Å². The monoisotopic (exact) mass is 261 g/mol. The lowest BCUT2D eigenvalue weighted by molar-refractivity contribution is 0.848. The standard InChI is InChI=1S/C17H15N3/c1-13-6-2-3-7-14(13)9-10-17-19-15(12-18)16-8-4-5-11-20(16)17/h2-8,11H,9-10H2,1H3. The molecule has 98 valence electrons. The summed E-state index contributed by atoms with van der Waals surface area (Å²) in [5, 5.41) is 9.15. The predicted molar refractivity (Wildman–Crippen MR) is 78.5 cm³/mol. The molecule has 0 spiro atoms. The van der Waals surface area contributed by atoms with E-state index in [-0.39, 0.29) is 0 Å². The molecule has 0 fully saturated rings. The highest BCUT2D eigenvalue weighted by Crippen LogP contribution is 2.15. The molecule has 3 nitrogen and oxygen atoms in total. The van der Waals surface area contributed by atoms with Gasteiger partial charge < -0.3 is 4.40 Å². The molecule has 2 heterocycles. The van der Waals surface area contributed by atoms with Crippen LogP contribution in [0.2, 0.25) is 0 Å². The van der Waals surface area contributed by atoms with Gasteiger partial charge in [0.15, 0.2) is 5.69 Å². The third kappa shape index (κ3) is 2.17. The summed E-state index contributed by atoms with van der Waals surface area (Å²) in [6, 6.07) is 16.4. The average molecular weight is 261 g/mol. The summed E-state index contributed by atoms with van der Waals surface area (Å²) in [5.41, 5.74) is 4.02. The summed E-state index contributed by atoms with van der Waals surface area (Å²) in [6.07, 6.45) is 3.74. The van der Waals surface area contributed by atoms with Gasteiger partial charge in [-0.25, -0.2) is 4.98 Å². The van der Waals surface area contributed by atoms with Crippen LogP contribution in [-0.2, 0) is 12.8 Å². The minimum Gasteiger partial charge on any atom is -0.302 e. The van der Waals surface area contributed by atoms with Crippen molar-refractivity contribution in [2.24, 2.45) is 0 Å². The van der Waals surface area contributed by atoms with Gasteiger partial charge in [0.05, 0.1) is 5.52 Å².